The van der Waals surface area contributed by atoms with Crippen LogP contribution >= 0.6 is 12.4 Å². The van der Waals surface area contributed by atoms with Gasteiger partial charge in [-0.05, 0) is 24.9 Å². The number of carbonyl (C=O) groups is 2. The third kappa shape index (κ3) is 5.31. The van der Waals surface area contributed by atoms with E-state index in [1.807, 2.05) is 35.2 Å². The molecule has 1 aromatic carbocycles. The summed E-state index contributed by atoms with van der Waals surface area (Å²) in [5.74, 6) is -0.152. The van der Waals surface area contributed by atoms with Crippen LogP contribution in [0.15, 0.2) is 30.3 Å². The van der Waals surface area contributed by atoms with Crippen molar-refractivity contribution in [2.75, 3.05) is 19.6 Å². The summed E-state index contributed by atoms with van der Waals surface area (Å²) < 4.78 is 0. The number of carbonyl (C=O) groups excluding carboxylic acids is 2. The molecule has 1 unspecified atom stereocenters. The zero-order valence-corrected chi connectivity index (χ0v) is 13.5. The Bertz CT molecular complexity index is 482. The smallest absolute Gasteiger partial charge is 0.226 e. The van der Waals surface area contributed by atoms with Gasteiger partial charge in [-0.15, -0.1) is 12.4 Å². The van der Waals surface area contributed by atoms with Gasteiger partial charge in [0, 0.05) is 32.0 Å². The Morgan fingerprint density at radius 1 is 1.32 bits per heavy atom. The summed E-state index contributed by atoms with van der Waals surface area (Å²) in [5, 5.41) is 2.77. The van der Waals surface area contributed by atoms with Crippen molar-refractivity contribution in [3.63, 3.8) is 0 Å². The van der Waals surface area contributed by atoms with Gasteiger partial charge in [-0.25, -0.2) is 0 Å². The van der Waals surface area contributed by atoms with Crippen LogP contribution in [0.5, 0.6) is 0 Å². The predicted molar refractivity (Wildman–Crippen MR) is 88.5 cm³/mol. The van der Waals surface area contributed by atoms with E-state index in [2.05, 4.69) is 5.32 Å². The standard InChI is InChI=1S/C16H23N3O2.ClH/c17-8-4-10-19(12-13-5-2-1-3-6-13)16(21)14-7-9-18-15(20)11-14;/h1-3,5-6,14H,4,7-12,17H2,(H,18,20);1H. The number of halogens is 1. The molecule has 3 N–H and O–H groups in total. The first-order chi connectivity index (χ1) is 10.2. The number of benzene rings is 1. The lowest BCUT2D eigenvalue weighted by atomic mass is 9.95. The number of hydrogen-bond acceptors (Lipinski definition) is 3. The molecule has 2 rings (SSSR count). The van der Waals surface area contributed by atoms with Crippen molar-refractivity contribution >= 4 is 24.2 Å². The van der Waals surface area contributed by atoms with Gasteiger partial charge in [-0.3, -0.25) is 9.59 Å². The van der Waals surface area contributed by atoms with Crippen LogP contribution in [0.4, 0.5) is 0 Å². The zero-order chi connectivity index (χ0) is 15.1. The quantitative estimate of drug-likeness (QED) is 0.828. The van der Waals surface area contributed by atoms with E-state index in [9.17, 15) is 9.59 Å². The molecule has 6 heteroatoms. The minimum atomic E-state index is -0.194. The van der Waals surface area contributed by atoms with Gasteiger partial charge in [0.1, 0.15) is 0 Å². The summed E-state index contributed by atoms with van der Waals surface area (Å²) in [4.78, 5) is 26.0. The number of rotatable bonds is 6. The van der Waals surface area contributed by atoms with Crippen molar-refractivity contribution in [1.29, 1.82) is 0 Å². The molecule has 0 aromatic heterocycles. The van der Waals surface area contributed by atoms with Crippen molar-refractivity contribution in [3.05, 3.63) is 35.9 Å². The van der Waals surface area contributed by atoms with E-state index in [0.717, 1.165) is 18.4 Å². The van der Waals surface area contributed by atoms with Crippen molar-refractivity contribution < 1.29 is 9.59 Å². The first-order valence-corrected chi connectivity index (χ1v) is 7.50. The van der Waals surface area contributed by atoms with Crippen LogP contribution in [0.3, 0.4) is 0 Å². The van der Waals surface area contributed by atoms with E-state index in [1.54, 1.807) is 0 Å². The molecule has 1 fully saturated rings. The first-order valence-electron chi connectivity index (χ1n) is 7.50. The number of piperidine rings is 1. The Labute approximate surface area is 137 Å². The molecule has 5 nitrogen and oxygen atoms in total. The summed E-state index contributed by atoms with van der Waals surface area (Å²) >= 11 is 0. The second-order valence-corrected chi connectivity index (χ2v) is 5.43. The molecule has 0 spiro atoms. The van der Waals surface area contributed by atoms with Gasteiger partial charge in [-0.2, -0.15) is 0 Å². The summed E-state index contributed by atoms with van der Waals surface area (Å²) in [6, 6.07) is 9.91. The van der Waals surface area contributed by atoms with Crippen LogP contribution in [0.1, 0.15) is 24.8 Å². The first kappa shape index (κ1) is 18.5. The van der Waals surface area contributed by atoms with Gasteiger partial charge >= 0.3 is 0 Å². The molecule has 2 amide bonds. The number of nitrogens with one attached hydrogen (secondary N) is 1. The van der Waals surface area contributed by atoms with Gasteiger partial charge in [0.2, 0.25) is 11.8 Å². The highest BCUT2D eigenvalue weighted by Gasteiger charge is 2.29. The average Bonchev–Trinajstić information content (AvgIpc) is 2.51. The minimum Gasteiger partial charge on any atom is -0.356 e. The Morgan fingerprint density at radius 3 is 2.68 bits per heavy atom. The maximum atomic E-state index is 12.7. The lowest BCUT2D eigenvalue weighted by Gasteiger charge is -2.29. The van der Waals surface area contributed by atoms with E-state index in [0.29, 0.717) is 32.6 Å². The number of amides is 2. The molecule has 122 valence electrons. The molecule has 0 radical (unpaired) electrons. The van der Waals surface area contributed by atoms with Crippen LogP contribution in [0.25, 0.3) is 0 Å². The Morgan fingerprint density at radius 2 is 2.05 bits per heavy atom. The largest absolute Gasteiger partial charge is 0.356 e. The van der Waals surface area contributed by atoms with E-state index in [1.165, 1.54) is 0 Å². The molecule has 1 aromatic rings. The summed E-state index contributed by atoms with van der Waals surface area (Å²) in [6.45, 7) is 2.37. The second kappa shape index (κ2) is 9.43. The van der Waals surface area contributed by atoms with Gasteiger partial charge in [-0.1, -0.05) is 30.3 Å². The Kier molecular flexibility index (Phi) is 7.91. The molecule has 22 heavy (non-hydrogen) atoms. The van der Waals surface area contributed by atoms with Crippen molar-refractivity contribution in [2.24, 2.45) is 11.7 Å². The van der Waals surface area contributed by atoms with E-state index in [4.69, 9.17) is 5.73 Å². The van der Waals surface area contributed by atoms with Crippen molar-refractivity contribution in [2.45, 2.75) is 25.8 Å². The third-order valence-corrected chi connectivity index (χ3v) is 3.76. The molecule has 1 aliphatic rings. The lowest BCUT2D eigenvalue weighted by molar-refractivity contribution is -0.140. The van der Waals surface area contributed by atoms with Crippen LogP contribution in [-0.2, 0) is 16.1 Å². The minimum absolute atomic E-state index is 0. The highest BCUT2D eigenvalue weighted by atomic mass is 35.5. The third-order valence-electron chi connectivity index (χ3n) is 3.76. The molecule has 0 saturated carbocycles. The van der Waals surface area contributed by atoms with E-state index in [-0.39, 0.29) is 30.1 Å². The van der Waals surface area contributed by atoms with Crippen LogP contribution in [0, 0.1) is 5.92 Å². The number of nitrogens with zero attached hydrogens (tertiary/aromatic N) is 1. The molecule has 1 saturated heterocycles. The Hall–Kier alpha value is -1.59. The fourth-order valence-electron chi connectivity index (χ4n) is 2.61. The monoisotopic (exact) mass is 325 g/mol. The van der Waals surface area contributed by atoms with Crippen LogP contribution in [0.2, 0.25) is 0 Å². The molecule has 1 atom stereocenters. The normalized spacial score (nSPS) is 17.3. The summed E-state index contributed by atoms with van der Waals surface area (Å²) in [6.07, 6.45) is 1.79. The van der Waals surface area contributed by atoms with Gasteiger partial charge in [0.15, 0.2) is 0 Å². The summed E-state index contributed by atoms with van der Waals surface area (Å²) in [5.41, 5.74) is 6.67. The molecule has 1 heterocycles. The molecule has 1 aliphatic heterocycles. The van der Waals surface area contributed by atoms with Crippen molar-refractivity contribution in [1.82, 2.24) is 10.2 Å². The maximum Gasteiger partial charge on any atom is 0.226 e. The van der Waals surface area contributed by atoms with E-state index < -0.39 is 0 Å². The lowest BCUT2D eigenvalue weighted by Crippen LogP contribution is -2.43. The molecule has 0 bridgehead atoms. The fraction of sp³-hybridized carbons (Fsp3) is 0.500. The SMILES string of the molecule is Cl.NCCCN(Cc1ccccc1)C(=O)C1CCNC(=O)C1. The molecular weight excluding hydrogens is 302 g/mol. The number of hydrogen-bond donors (Lipinski definition) is 2. The van der Waals surface area contributed by atoms with E-state index >= 15 is 0 Å². The zero-order valence-electron chi connectivity index (χ0n) is 12.7. The molecule has 0 aliphatic carbocycles. The predicted octanol–water partition coefficient (Wildman–Crippen LogP) is 1.31. The van der Waals surface area contributed by atoms with Gasteiger partial charge in [0.05, 0.1) is 0 Å². The van der Waals surface area contributed by atoms with Crippen LogP contribution < -0.4 is 11.1 Å². The number of nitrogens with two attached hydrogens (primary N) is 1. The average molecular weight is 326 g/mol. The van der Waals surface area contributed by atoms with Crippen molar-refractivity contribution in [3.8, 4) is 0 Å². The second-order valence-electron chi connectivity index (χ2n) is 5.43. The Balaban J connectivity index is 0.00000242. The maximum absolute atomic E-state index is 12.7. The highest BCUT2D eigenvalue weighted by Crippen LogP contribution is 2.18. The summed E-state index contributed by atoms with van der Waals surface area (Å²) in [7, 11) is 0. The highest BCUT2D eigenvalue weighted by molar-refractivity contribution is 5.87. The topological polar surface area (TPSA) is 75.4 Å². The fourth-order valence-corrected chi connectivity index (χ4v) is 2.61. The molecular formula is C16H24ClN3O2. The van der Waals surface area contributed by atoms with Gasteiger partial charge in [0.25, 0.3) is 0 Å². The van der Waals surface area contributed by atoms with Crippen LogP contribution in [-0.4, -0.2) is 36.3 Å². The van der Waals surface area contributed by atoms with Gasteiger partial charge < -0.3 is 16.0 Å².